The lowest BCUT2D eigenvalue weighted by molar-refractivity contribution is 0.135. The summed E-state index contributed by atoms with van der Waals surface area (Å²) >= 11 is 0. The van der Waals surface area contributed by atoms with Crippen LogP contribution in [0.4, 0.5) is 0 Å². The molecule has 0 N–H and O–H groups in total. The topological polar surface area (TPSA) is 42.2 Å². The van der Waals surface area contributed by atoms with Crippen LogP contribution in [0, 0.1) is 18.3 Å². The number of nitriles is 1. The van der Waals surface area contributed by atoms with E-state index < -0.39 is 0 Å². The smallest absolute Gasteiger partial charge is 0.123 e. The van der Waals surface area contributed by atoms with E-state index in [1.54, 1.807) is 19.2 Å². The molecule has 0 radical (unpaired) electrons. The maximum atomic E-state index is 8.80. The second-order valence-electron chi connectivity index (χ2n) is 3.80. The van der Waals surface area contributed by atoms with Crippen molar-refractivity contribution in [3.05, 3.63) is 29.3 Å². The monoisotopic (exact) mass is 219 g/mol. The van der Waals surface area contributed by atoms with E-state index in [0.717, 1.165) is 17.7 Å². The van der Waals surface area contributed by atoms with Gasteiger partial charge in [0.05, 0.1) is 17.7 Å². The van der Waals surface area contributed by atoms with Crippen LogP contribution < -0.4 is 4.74 Å². The van der Waals surface area contributed by atoms with Crippen molar-refractivity contribution in [3.8, 4) is 11.8 Å². The van der Waals surface area contributed by atoms with Gasteiger partial charge in [-0.05, 0) is 31.5 Å². The van der Waals surface area contributed by atoms with Crippen molar-refractivity contribution in [3.63, 3.8) is 0 Å². The van der Waals surface area contributed by atoms with Crippen LogP contribution in [0.25, 0.3) is 0 Å². The molecule has 0 amide bonds. The number of hydrogen-bond acceptors (Lipinski definition) is 3. The highest BCUT2D eigenvalue weighted by atomic mass is 16.5. The molecule has 0 saturated heterocycles. The van der Waals surface area contributed by atoms with Gasteiger partial charge in [0, 0.05) is 20.1 Å². The summed E-state index contributed by atoms with van der Waals surface area (Å²) in [6, 6.07) is 7.58. The fourth-order valence-electron chi connectivity index (χ4n) is 1.36. The van der Waals surface area contributed by atoms with E-state index in [-0.39, 0.29) is 6.10 Å². The summed E-state index contributed by atoms with van der Waals surface area (Å²) in [5.74, 6) is 0.780. The van der Waals surface area contributed by atoms with Crippen LogP contribution in [-0.4, -0.2) is 19.8 Å². The van der Waals surface area contributed by atoms with E-state index in [0.29, 0.717) is 12.2 Å². The highest BCUT2D eigenvalue weighted by Gasteiger charge is 2.07. The van der Waals surface area contributed by atoms with Crippen LogP contribution in [0.2, 0.25) is 0 Å². The van der Waals surface area contributed by atoms with Crippen LogP contribution in [0.15, 0.2) is 18.2 Å². The molecule has 1 aromatic carbocycles. The lowest BCUT2D eigenvalue weighted by Crippen LogP contribution is -2.14. The number of nitrogens with zero attached hydrogens (tertiary/aromatic N) is 1. The van der Waals surface area contributed by atoms with Crippen LogP contribution in [-0.2, 0) is 4.74 Å². The summed E-state index contributed by atoms with van der Waals surface area (Å²) < 4.78 is 10.8. The molecule has 1 unspecified atom stereocenters. The van der Waals surface area contributed by atoms with Gasteiger partial charge >= 0.3 is 0 Å². The van der Waals surface area contributed by atoms with Gasteiger partial charge in [0.25, 0.3) is 0 Å². The van der Waals surface area contributed by atoms with Gasteiger partial charge in [-0.25, -0.2) is 0 Å². The highest BCUT2D eigenvalue weighted by molar-refractivity contribution is 5.41. The van der Waals surface area contributed by atoms with Crippen LogP contribution in [0.1, 0.15) is 24.5 Å². The lowest BCUT2D eigenvalue weighted by Gasteiger charge is -2.16. The third-order valence-electron chi connectivity index (χ3n) is 2.37. The Balaban J connectivity index is 2.69. The molecule has 0 bridgehead atoms. The fourth-order valence-corrected chi connectivity index (χ4v) is 1.36. The van der Waals surface area contributed by atoms with E-state index in [4.69, 9.17) is 14.7 Å². The Bertz CT molecular complexity index is 382. The summed E-state index contributed by atoms with van der Waals surface area (Å²) in [6.45, 7) is 4.65. The van der Waals surface area contributed by atoms with Crippen molar-refractivity contribution in [2.75, 3.05) is 13.7 Å². The molecular formula is C13H17NO2. The zero-order valence-corrected chi connectivity index (χ0v) is 9.99. The van der Waals surface area contributed by atoms with Crippen LogP contribution in [0.5, 0.6) is 5.75 Å². The van der Waals surface area contributed by atoms with Gasteiger partial charge in [-0.1, -0.05) is 6.07 Å². The van der Waals surface area contributed by atoms with Crippen LogP contribution in [0.3, 0.4) is 0 Å². The number of ether oxygens (including phenoxy) is 2. The Kier molecular flexibility index (Phi) is 4.81. The lowest BCUT2D eigenvalue weighted by atomic mass is 10.1. The maximum absolute atomic E-state index is 8.80. The molecule has 0 aliphatic rings. The maximum Gasteiger partial charge on any atom is 0.123 e. The minimum Gasteiger partial charge on any atom is -0.490 e. The van der Waals surface area contributed by atoms with E-state index in [1.807, 2.05) is 19.9 Å². The fraction of sp³-hybridized carbons (Fsp3) is 0.462. The summed E-state index contributed by atoms with van der Waals surface area (Å²) in [5, 5.41) is 8.80. The summed E-state index contributed by atoms with van der Waals surface area (Å²) in [5.41, 5.74) is 1.67. The highest BCUT2D eigenvalue weighted by Crippen LogP contribution is 2.21. The van der Waals surface area contributed by atoms with Gasteiger partial charge in [-0.15, -0.1) is 0 Å². The van der Waals surface area contributed by atoms with Gasteiger partial charge in [0.1, 0.15) is 5.75 Å². The molecule has 3 nitrogen and oxygen atoms in total. The molecule has 0 heterocycles. The molecule has 0 aliphatic carbocycles. The van der Waals surface area contributed by atoms with Gasteiger partial charge in [-0.3, -0.25) is 0 Å². The number of methoxy groups -OCH3 is 1. The molecular weight excluding hydrogens is 202 g/mol. The third kappa shape index (κ3) is 3.56. The molecule has 86 valence electrons. The molecule has 16 heavy (non-hydrogen) atoms. The first-order valence-corrected chi connectivity index (χ1v) is 5.33. The first kappa shape index (κ1) is 12.5. The third-order valence-corrected chi connectivity index (χ3v) is 2.37. The molecule has 0 aromatic heterocycles. The first-order valence-electron chi connectivity index (χ1n) is 5.33. The van der Waals surface area contributed by atoms with Crippen molar-refractivity contribution < 1.29 is 9.47 Å². The minimum atomic E-state index is 0.0904. The van der Waals surface area contributed by atoms with E-state index in [2.05, 4.69) is 6.07 Å². The predicted molar refractivity (Wildman–Crippen MR) is 62.5 cm³/mol. The van der Waals surface area contributed by atoms with Crippen molar-refractivity contribution >= 4 is 0 Å². The molecule has 0 saturated carbocycles. The van der Waals surface area contributed by atoms with Gasteiger partial charge in [0.15, 0.2) is 0 Å². The van der Waals surface area contributed by atoms with Crippen molar-refractivity contribution in [1.29, 1.82) is 5.26 Å². The Hall–Kier alpha value is -1.53. The molecule has 1 rings (SSSR count). The SMILES string of the molecule is COCCC(C)Oc1cc(C#N)ccc1C. The second kappa shape index (κ2) is 6.14. The summed E-state index contributed by atoms with van der Waals surface area (Å²) in [7, 11) is 1.67. The average molecular weight is 219 g/mol. The first-order chi connectivity index (χ1) is 7.67. The molecule has 1 aromatic rings. The van der Waals surface area contributed by atoms with E-state index in [9.17, 15) is 0 Å². The van der Waals surface area contributed by atoms with E-state index >= 15 is 0 Å². The zero-order chi connectivity index (χ0) is 12.0. The number of benzene rings is 1. The Morgan fingerprint density at radius 1 is 1.44 bits per heavy atom. The predicted octanol–water partition coefficient (Wildman–Crippen LogP) is 2.67. The van der Waals surface area contributed by atoms with Crippen LogP contribution >= 0.6 is 0 Å². The largest absolute Gasteiger partial charge is 0.490 e. The summed E-state index contributed by atoms with van der Waals surface area (Å²) in [4.78, 5) is 0. The molecule has 3 heteroatoms. The Labute approximate surface area is 96.6 Å². The Morgan fingerprint density at radius 3 is 2.81 bits per heavy atom. The van der Waals surface area contributed by atoms with Crippen molar-refractivity contribution in [1.82, 2.24) is 0 Å². The number of rotatable bonds is 5. The molecule has 1 atom stereocenters. The quantitative estimate of drug-likeness (QED) is 0.764. The summed E-state index contributed by atoms with van der Waals surface area (Å²) in [6.07, 6.45) is 0.930. The van der Waals surface area contributed by atoms with Crippen molar-refractivity contribution in [2.24, 2.45) is 0 Å². The Morgan fingerprint density at radius 2 is 2.19 bits per heavy atom. The number of aryl methyl sites for hydroxylation is 1. The second-order valence-corrected chi connectivity index (χ2v) is 3.80. The number of hydrogen-bond donors (Lipinski definition) is 0. The zero-order valence-electron chi connectivity index (χ0n) is 9.99. The standard InChI is InChI=1S/C13H17NO2/c1-10-4-5-12(9-14)8-13(10)16-11(2)6-7-15-3/h4-5,8,11H,6-7H2,1-3H3. The molecule has 0 spiro atoms. The molecule has 0 aliphatic heterocycles. The van der Waals surface area contributed by atoms with Crippen molar-refractivity contribution in [2.45, 2.75) is 26.4 Å². The van der Waals surface area contributed by atoms with Gasteiger partial charge in [0.2, 0.25) is 0 Å². The molecule has 0 fully saturated rings. The normalized spacial score (nSPS) is 11.9. The van der Waals surface area contributed by atoms with Gasteiger partial charge < -0.3 is 9.47 Å². The van der Waals surface area contributed by atoms with E-state index in [1.165, 1.54) is 0 Å². The minimum absolute atomic E-state index is 0.0904. The van der Waals surface area contributed by atoms with Gasteiger partial charge in [-0.2, -0.15) is 5.26 Å². The average Bonchev–Trinajstić information content (AvgIpc) is 2.29.